The molecule has 1 amide bonds. The maximum absolute atomic E-state index is 13.5. The van der Waals surface area contributed by atoms with Gasteiger partial charge in [0.25, 0.3) is 5.91 Å². The molecule has 0 spiro atoms. The van der Waals surface area contributed by atoms with E-state index in [2.05, 4.69) is 5.32 Å². The molecule has 118 valence electrons. The number of rotatable bonds is 5. The Morgan fingerprint density at radius 2 is 1.95 bits per heavy atom. The molecule has 1 aromatic heterocycles. The lowest BCUT2D eigenvalue weighted by Crippen LogP contribution is -2.34. The first-order valence-electron chi connectivity index (χ1n) is 6.55. The van der Waals surface area contributed by atoms with Crippen LogP contribution < -0.4 is 5.32 Å². The van der Waals surface area contributed by atoms with Gasteiger partial charge in [-0.3, -0.25) is 4.79 Å². The van der Waals surface area contributed by atoms with Crippen molar-refractivity contribution in [3.8, 4) is 0 Å². The zero-order valence-electron chi connectivity index (χ0n) is 11.6. The molecule has 0 fully saturated rings. The SMILES string of the molecule is CC(CC(O)c1ccco1)NC(=O)c1cc(F)c(F)cc1F. The van der Waals surface area contributed by atoms with E-state index in [0.717, 1.165) is 0 Å². The molecule has 0 radical (unpaired) electrons. The van der Waals surface area contributed by atoms with Crippen LogP contribution in [0.2, 0.25) is 0 Å². The highest BCUT2D eigenvalue weighted by Gasteiger charge is 2.20. The van der Waals surface area contributed by atoms with Crippen molar-refractivity contribution in [1.29, 1.82) is 0 Å². The molecule has 0 aliphatic rings. The van der Waals surface area contributed by atoms with Crippen LogP contribution in [0, 0.1) is 17.5 Å². The largest absolute Gasteiger partial charge is 0.467 e. The Labute approximate surface area is 124 Å². The van der Waals surface area contributed by atoms with Crippen molar-refractivity contribution >= 4 is 5.91 Å². The smallest absolute Gasteiger partial charge is 0.254 e. The van der Waals surface area contributed by atoms with Crippen molar-refractivity contribution in [3.05, 3.63) is 59.3 Å². The summed E-state index contributed by atoms with van der Waals surface area (Å²) in [5.41, 5.74) is -0.599. The van der Waals surface area contributed by atoms with Crippen LogP contribution in [-0.4, -0.2) is 17.1 Å². The molecule has 4 nitrogen and oxygen atoms in total. The maximum Gasteiger partial charge on any atom is 0.254 e. The van der Waals surface area contributed by atoms with E-state index in [-0.39, 0.29) is 6.42 Å². The number of hydrogen-bond acceptors (Lipinski definition) is 3. The van der Waals surface area contributed by atoms with Gasteiger partial charge in [-0.15, -0.1) is 0 Å². The number of aliphatic hydroxyl groups excluding tert-OH is 1. The van der Waals surface area contributed by atoms with Crippen LogP contribution in [0.25, 0.3) is 0 Å². The summed E-state index contributed by atoms with van der Waals surface area (Å²) in [5.74, 6) is -4.39. The molecule has 2 N–H and O–H groups in total. The van der Waals surface area contributed by atoms with Crippen molar-refractivity contribution in [2.45, 2.75) is 25.5 Å². The highest BCUT2D eigenvalue weighted by atomic mass is 19.2. The Balaban J connectivity index is 2.01. The lowest BCUT2D eigenvalue weighted by molar-refractivity contribution is 0.0898. The van der Waals surface area contributed by atoms with E-state index < -0.39 is 41.1 Å². The Morgan fingerprint density at radius 1 is 1.27 bits per heavy atom. The summed E-state index contributed by atoms with van der Waals surface area (Å²) < 4.78 is 44.4. The van der Waals surface area contributed by atoms with E-state index in [4.69, 9.17) is 4.42 Å². The molecule has 2 rings (SSSR count). The number of amides is 1. The molecule has 0 saturated carbocycles. The first-order valence-corrected chi connectivity index (χ1v) is 6.55. The third-order valence-electron chi connectivity index (χ3n) is 3.08. The number of nitrogens with one attached hydrogen (secondary N) is 1. The predicted octanol–water partition coefficient (Wildman–Crippen LogP) is 2.94. The standard InChI is InChI=1S/C15H14F3NO3/c1-8(5-13(20)14-3-2-4-22-14)19-15(21)9-6-11(17)12(18)7-10(9)16/h2-4,6-8,13,20H,5H2,1H3,(H,19,21). The van der Waals surface area contributed by atoms with Crippen LogP contribution >= 0.6 is 0 Å². The molecule has 2 atom stereocenters. The zero-order chi connectivity index (χ0) is 16.3. The highest BCUT2D eigenvalue weighted by Crippen LogP contribution is 2.19. The molecule has 7 heteroatoms. The normalized spacial score (nSPS) is 13.7. The number of carbonyl (C=O) groups excluding carboxylic acids is 1. The van der Waals surface area contributed by atoms with Crippen molar-refractivity contribution in [1.82, 2.24) is 5.32 Å². The third kappa shape index (κ3) is 3.67. The monoisotopic (exact) mass is 313 g/mol. The van der Waals surface area contributed by atoms with Crippen molar-refractivity contribution < 1.29 is 27.5 Å². The minimum absolute atomic E-state index is 0.116. The molecule has 0 aliphatic heterocycles. The topological polar surface area (TPSA) is 62.5 Å². The van der Waals surface area contributed by atoms with Gasteiger partial charge in [-0.25, -0.2) is 13.2 Å². The van der Waals surface area contributed by atoms with E-state index in [9.17, 15) is 23.1 Å². The molecule has 1 aromatic carbocycles. The lowest BCUT2D eigenvalue weighted by atomic mass is 10.1. The summed E-state index contributed by atoms with van der Waals surface area (Å²) in [7, 11) is 0. The average molecular weight is 313 g/mol. The van der Waals surface area contributed by atoms with Crippen LogP contribution in [0.15, 0.2) is 34.9 Å². The Morgan fingerprint density at radius 3 is 2.59 bits per heavy atom. The predicted molar refractivity (Wildman–Crippen MR) is 71.5 cm³/mol. The van der Waals surface area contributed by atoms with Gasteiger partial charge in [0, 0.05) is 18.5 Å². The number of benzene rings is 1. The second-order valence-electron chi connectivity index (χ2n) is 4.89. The van der Waals surface area contributed by atoms with Crippen LogP contribution in [0.1, 0.15) is 35.6 Å². The van der Waals surface area contributed by atoms with Crippen LogP contribution in [0.5, 0.6) is 0 Å². The highest BCUT2D eigenvalue weighted by molar-refractivity contribution is 5.94. The second kappa shape index (κ2) is 6.65. The second-order valence-corrected chi connectivity index (χ2v) is 4.89. The average Bonchev–Trinajstić information content (AvgIpc) is 2.96. The molecular weight excluding hydrogens is 299 g/mol. The summed E-state index contributed by atoms with van der Waals surface area (Å²) in [6.07, 6.45) is 0.573. The summed E-state index contributed by atoms with van der Waals surface area (Å²) in [6, 6.07) is 3.45. The number of furan rings is 1. The molecule has 22 heavy (non-hydrogen) atoms. The third-order valence-corrected chi connectivity index (χ3v) is 3.08. The van der Waals surface area contributed by atoms with Gasteiger partial charge in [-0.05, 0) is 25.1 Å². The van der Waals surface area contributed by atoms with Gasteiger partial charge in [0.05, 0.1) is 11.8 Å². The van der Waals surface area contributed by atoms with Gasteiger partial charge in [-0.2, -0.15) is 0 Å². The van der Waals surface area contributed by atoms with E-state index in [1.807, 2.05) is 0 Å². The number of hydrogen-bond donors (Lipinski definition) is 2. The van der Waals surface area contributed by atoms with Crippen molar-refractivity contribution in [2.75, 3.05) is 0 Å². The zero-order valence-corrected chi connectivity index (χ0v) is 11.6. The van der Waals surface area contributed by atoms with Gasteiger partial charge in [0.2, 0.25) is 0 Å². The Kier molecular flexibility index (Phi) is 4.87. The number of halogens is 3. The minimum atomic E-state index is -1.37. The molecule has 2 aromatic rings. The van der Waals surface area contributed by atoms with Gasteiger partial charge in [0.1, 0.15) is 17.7 Å². The van der Waals surface area contributed by atoms with E-state index in [0.29, 0.717) is 17.9 Å². The summed E-state index contributed by atoms with van der Waals surface area (Å²) in [4.78, 5) is 11.9. The number of carbonyl (C=O) groups is 1. The molecule has 0 saturated heterocycles. The number of aliphatic hydroxyl groups is 1. The summed E-state index contributed by atoms with van der Waals surface area (Å²) in [6.45, 7) is 1.59. The minimum Gasteiger partial charge on any atom is -0.467 e. The van der Waals surface area contributed by atoms with Gasteiger partial charge < -0.3 is 14.8 Å². The Bertz CT molecular complexity index is 658. The fourth-order valence-electron chi connectivity index (χ4n) is 1.99. The fourth-order valence-corrected chi connectivity index (χ4v) is 1.99. The first kappa shape index (κ1) is 16.1. The van der Waals surface area contributed by atoms with Gasteiger partial charge in [0.15, 0.2) is 11.6 Å². The molecule has 1 heterocycles. The molecule has 2 unspecified atom stereocenters. The quantitative estimate of drug-likeness (QED) is 0.834. The van der Waals surface area contributed by atoms with Crippen LogP contribution in [0.3, 0.4) is 0 Å². The van der Waals surface area contributed by atoms with E-state index in [1.165, 1.54) is 6.26 Å². The molecule has 0 aliphatic carbocycles. The molecule has 0 bridgehead atoms. The van der Waals surface area contributed by atoms with Gasteiger partial charge in [-0.1, -0.05) is 0 Å². The Hall–Kier alpha value is -2.28. The van der Waals surface area contributed by atoms with E-state index in [1.54, 1.807) is 19.1 Å². The summed E-state index contributed by atoms with van der Waals surface area (Å²) in [5, 5.41) is 12.3. The van der Waals surface area contributed by atoms with E-state index >= 15 is 0 Å². The van der Waals surface area contributed by atoms with Gasteiger partial charge >= 0.3 is 0 Å². The lowest BCUT2D eigenvalue weighted by Gasteiger charge is -2.17. The molecular formula is C15H14F3NO3. The summed E-state index contributed by atoms with van der Waals surface area (Å²) >= 11 is 0. The van der Waals surface area contributed by atoms with Crippen molar-refractivity contribution in [2.24, 2.45) is 0 Å². The first-order chi connectivity index (χ1) is 10.4. The maximum atomic E-state index is 13.5. The fraction of sp³-hybridized carbons (Fsp3) is 0.267. The van der Waals surface area contributed by atoms with Crippen molar-refractivity contribution in [3.63, 3.8) is 0 Å². The van der Waals surface area contributed by atoms with Crippen LogP contribution in [-0.2, 0) is 0 Å². The van der Waals surface area contributed by atoms with Crippen LogP contribution in [0.4, 0.5) is 13.2 Å².